The van der Waals surface area contributed by atoms with E-state index in [0.717, 1.165) is 7.14 Å². The molecule has 0 spiro atoms. The number of methoxy groups -OCH3 is 1. The quantitative estimate of drug-likeness (QED) is 0.359. The highest BCUT2D eigenvalue weighted by Crippen LogP contribution is 2.23. The lowest BCUT2D eigenvalue weighted by molar-refractivity contribution is 0.0593. The number of rotatable bonds is 3. The number of hydrogen-bond acceptors (Lipinski definition) is 4. The van der Waals surface area contributed by atoms with Crippen LogP contribution in [0, 0.1) is 7.14 Å². The molecule has 0 unspecified atom stereocenters. The van der Waals surface area contributed by atoms with Gasteiger partial charge in [0.25, 0.3) is 0 Å². The minimum Gasteiger partial charge on any atom is -0.465 e. The van der Waals surface area contributed by atoms with E-state index in [1.807, 2.05) is 12.1 Å². The number of carbonyl (C=O) groups excluding carboxylic acids is 2. The number of ether oxygens (including phenoxy) is 2. The van der Waals surface area contributed by atoms with Crippen LogP contribution in [0.2, 0.25) is 0 Å². The summed E-state index contributed by atoms with van der Waals surface area (Å²) in [4.78, 5) is 23.8. The van der Waals surface area contributed by atoms with E-state index in [9.17, 15) is 9.59 Å². The van der Waals surface area contributed by atoms with Gasteiger partial charge in [0.2, 0.25) is 0 Å². The number of benzene rings is 2. The van der Waals surface area contributed by atoms with Gasteiger partial charge in [0.05, 0.1) is 12.7 Å². The topological polar surface area (TPSA) is 52.6 Å². The molecule has 108 valence electrons. The van der Waals surface area contributed by atoms with Crippen LogP contribution in [0.5, 0.6) is 5.75 Å². The molecule has 0 fully saturated rings. The Labute approximate surface area is 149 Å². The van der Waals surface area contributed by atoms with Crippen LogP contribution in [0.4, 0.5) is 0 Å². The zero-order valence-corrected chi connectivity index (χ0v) is 15.2. The van der Waals surface area contributed by atoms with Crippen molar-refractivity contribution >= 4 is 57.1 Å². The van der Waals surface area contributed by atoms with E-state index >= 15 is 0 Å². The molecule has 0 amide bonds. The van der Waals surface area contributed by atoms with Gasteiger partial charge in [-0.2, -0.15) is 0 Å². The maximum Gasteiger partial charge on any atom is 0.343 e. The highest BCUT2D eigenvalue weighted by Gasteiger charge is 2.17. The Morgan fingerprint density at radius 2 is 1.52 bits per heavy atom. The zero-order chi connectivity index (χ0) is 15.4. The third kappa shape index (κ3) is 4.16. The number of esters is 2. The van der Waals surface area contributed by atoms with Crippen molar-refractivity contribution in [3.8, 4) is 5.75 Å². The van der Waals surface area contributed by atoms with Crippen molar-refractivity contribution in [2.75, 3.05) is 7.11 Å². The highest BCUT2D eigenvalue weighted by molar-refractivity contribution is 14.1. The van der Waals surface area contributed by atoms with Gasteiger partial charge in [-0.25, -0.2) is 9.59 Å². The average Bonchev–Trinajstić information content (AvgIpc) is 2.48. The normalized spacial score (nSPS) is 10.0. The first kappa shape index (κ1) is 16.2. The molecule has 0 aliphatic rings. The van der Waals surface area contributed by atoms with E-state index in [-0.39, 0.29) is 11.3 Å². The molecule has 0 saturated heterocycles. The summed E-state index contributed by atoms with van der Waals surface area (Å²) in [6.45, 7) is 0. The first-order valence-electron chi connectivity index (χ1n) is 5.87. The molecule has 4 nitrogen and oxygen atoms in total. The van der Waals surface area contributed by atoms with E-state index in [4.69, 9.17) is 9.47 Å². The first-order chi connectivity index (χ1) is 10.0. The van der Waals surface area contributed by atoms with E-state index in [1.165, 1.54) is 7.11 Å². The summed E-state index contributed by atoms with van der Waals surface area (Å²) in [5, 5.41) is 0. The maximum absolute atomic E-state index is 12.1. The predicted molar refractivity (Wildman–Crippen MR) is 94.6 cm³/mol. The second-order valence-electron chi connectivity index (χ2n) is 4.03. The summed E-state index contributed by atoms with van der Waals surface area (Å²) in [5.41, 5.74) is 0.646. The van der Waals surface area contributed by atoms with Crippen LogP contribution in [0.15, 0.2) is 42.5 Å². The van der Waals surface area contributed by atoms with Crippen LogP contribution in [0.25, 0.3) is 0 Å². The lowest BCUT2D eigenvalue weighted by atomic mass is 10.2. The van der Waals surface area contributed by atoms with Crippen molar-refractivity contribution in [2.24, 2.45) is 0 Å². The lowest BCUT2D eigenvalue weighted by Crippen LogP contribution is -2.12. The highest BCUT2D eigenvalue weighted by atomic mass is 127. The third-order valence-corrected chi connectivity index (χ3v) is 4.02. The molecule has 0 radical (unpaired) electrons. The Hall–Kier alpha value is -1.16. The fourth-order valence-corrected chi connectivity index (χ4v) is 2.46. The third-order valence-electron chi connectivity index (χ3n) is 2.63. The van der Waals surface area contributed by atoms with E-state index < -0.39 is 11.9 Å². The molecule has 2 rings (SSSR count). The molecular weight excluding hydrogens is 498 g/mol. The predicted octanol–water partition coefficient (Wildman–Crippen LogP) is 3.90. The SMILES string of the molecule is COC(=O)c1cc(I)ccc1OC(=O)c1ccc(I)cc1. The Kier molecular flexibility index (Phi) is 5.57. The molecule has 0 bridgehead atoms. The Balaban J connectivity index is 2.28. The summed E-state index contributed by atoms with van der Waals surface area (Å²) in [6, 6.07) is 11.9. The van der Waals surface area contributed by atoms with Crippen molar-refractivity contribution in [3.05, 3.63) is 60.7 Å². The standard InChI is InChI=1S/C15H10I2O4/c1-20-15(19)12-8-11(17)6-7-13(12)21-14(18)9-2-4-10(16)5-3-9/h2-8H,1H3. The molecule has 0 aromatic heterocycles. The minimum atomic E-state index is -0.543. The molecule has 0 atom stereocenters. The molecule has 2 aromatic carbocycles. The summed E-state index contributed by atoms with van der Waals surface area (Å²) < 4.78 is 11.9. The van der Waals surface area contributed by atoms with E-state index in [2.05, 4.69) is 45.2 Å². The molecule has 21 heavy (non-hydrogen) atoms. The summed E-state index contributed by atoms with van der Waals surface area (Å²) in [6.07, 6.45) is 0. The summed E-state index contributed by atoms with van der Waals surface area (Å²) in [5.74, 6) is -0.873. The van der Waals surface area contributed by atoms with Gasteiger partial charge < -0.3 is 9.47 Å². The van der Waals surface area contributed by atoms with E-state index in [0.29, 0.717) is 5.56 Å². The van der Waals surface area contributed by atoms with Crippen molar-refractivity contribution in [3.63, 3.8) is 0 Å². The molecule has 0 aliphatic heterocycles. The van der Waals surface area contributed by atoms with Gasteiger partial charge in [-0.05, 0) is 87.6 Å². The minimum absolute atomic E-state index is 0.186. The van der Waals surface area contributed by atoms with Crippen LogP contribution in [-0.4, -0.2) is 19.0 Å². The van der Waals surface area contributed by atoms with Gasteiger partial charge in [-0.1, -0.05) is 0 Å². The van der Waals surface area contributed by atoms with Crippen molar-refractivity contribution < 1.29 is 19.1 Å². The van der Waals surface area contributed by atoms with Crippen molar-refractivity contribution in [1.29, 1.82) is 0 Å². The smallest absolute Gasteiger partial charge is 0.343 e. The second-order valence-corrected chi connectivity index (χ2v) is 6.52. The molecule has 0 aliphatic carbocycles. The summed E-state index contributed by atoms with van der Waals surface area (Å²) in [7, 11) is 1.28. The number of carbonyl (C=O) groups is 2. The monoisotopic (exact) mass is 508 g/mol. The number of hydrogen-bond donors (Lipinski definition) is 0. The van der Waals surface area contributed by atoms with Gasteiger partial charge in [-0.15, -0.1) is 0 Å². The van der Waals surface area contributed by atoms with Crippen LogP contribution in [0.1, 0.15) is 20.7 Å². The van der Waals surface area contributed by atoms with Crippen LogP contribution in [0.3, 0.4) is 0 Å². The molecule has 2 aromatic rings. The molecular formula is C15H10I2O4. The zero-order valence-electron chi connectivity index (χ0n) is 10.9. The molecule has 0 N–H and O–H groups in total. The second kappa shape index (κ2) is 7.21. The Morgan fingerprint density at radius 3 is 2.14 bits per heavy atom. The van der Waals surface area contributed by atoms with Gasteiger partial charge >= 0.3 is 11.9 Å². The van der Waals surface area contributed by atoms with Crippen LogP contribution < -0.4 is 4.74 Å². The van der Waals surface area contributed by atoms with Crippen LogP contribution in [-0.2, 0) is 4.74 Å². The number of halogens is 2. The fraction of sp³-hybridized carbons (Fsp3) is 0.0667. The molecule has 0 heterocycles. The molecule has 6 heteroatoms. The Morgan fingerprint density at radius 1 is 0.905 bits per heavy atom. The lowest BCUT2D eigenvalue weighted by Gasteiger charge is -2.09. The van der Waals surface area contributed by atoms with Crippen molar-refractivity contribution in [1.82, 2.24) is 0 Å². The van der Waals surface area contributed by atoms with Gasteiger partial charge in [0, 0.05) is 7.14 Å². The van der Waals surface area contributed by atoms with Crippen molar-refractivity contribution in [2.45, 2.75) is 0 Å². The largest absolute Gasteiger partial charge is 0.465 e. The van der Waals surface area contributed by atoms with E-state index in [1.54, 1.807) is 30.3 Å². The summed E-state index contributed by atoms with van der Waals surface area (Å²) >= 11 is 4.22. The fourth-order valence-electron chi connectivity index (χ4n) is 1.61. The van der Waals surface area contributed by atoms with Crippen LogP contribution >= 0.6 is 45.2 Å². The van der Waals surface area contributed by atoms with Gasteiger partial charge in [-0.3, -0.25) is 0 Å². The maximum atomic E-state index is 12.1. The molecule has 0 saturated carbocycles. The first-order valence-corrected chi connectivity index (χ1v) is 8.02. The van der Waals surface area contributed by atoms with Gasteiger partial charge in [0.15, 0.2) is 0 Å². The van der Waals surface area contributed by atoms with Gasteiger partial charge in [0.1, 0.15) is 11.3 Å². The average molecular weight is 508 g/mol. The Bertz CT molecular complexity index is 681.